The summed E-state index contributed by atoms with van der Waals surface area (Å²) in [5.74, 6) is 0.560. The molecule has 0 saturated carbocycles. The summed E-state index contributed by atoms with van der Waals surface area (Å²) in [6.07, 6.45) is -0.448. The fourth-order valence-corrected chi connectivity index (χ4v) is 2.38. The Bertz CT molecular complexity index is 494. The van der Waals surface area contributed by atoms with Gasteiger partial charge in [-0.15, -0.1) is 0 Å². The Kier molecular flexibility index (Phi) is 4.41. The van der Waals surface area contributed by atoms with Gasteiger partial charge >= 0.3 is 0 Å². The molecule has 7 heteroatoms. The lowest BCUT2D eigenvalue weighted by Crippen LogP contribution is -2.48. The van der Waals surface area contributed by atoms with Gasteiger partial charge in [0.2, 0.25) is 0 Å². The van der Waals surface area contributed by atoms with Gasteiger partial charge in [-0.25, -0.2) is 0 Å². The van der Waals surface area contributed by atoms with E-state index in [2.05, 4.69) is 0 Å². The van der Waals surface area contributed by atoms with Crippen LogP contribution in [0.1, 0.15) is 6.92 Å². The van der Waals surface area contributed by atoms with Crippen LogP contribution in [-0.2, 0) is 4.74 Å². The van der Waals surface area contributed by atoms with Gasteiger partial charge in [0.05, 0.1) is 30.8 Å². The van der Waals surface area contributed by atoms with Gasteiger partial charge in [-0.05, 0) is 13.0 Å². The Morgan fingerprint density at radius 2 is 2.30 bits per heavy atom. The molecular weight excluding hydrogens is 264 g/mol. The van der Waals surface area contributed by atoms with Crippen LogP contribution in [0, 0.1) is 10.1 Å². The Morgan fingerprint density at radius 3 is 2.90 bits per heavy atom. The molecule has 0 spiro atoms. The number of hydrogen-bond donors (Lipinski definition) is 1. The first kappa shape index (κ1) is 14.5. The second kappa shape index (κ2) is 6.06. The number of methoxy groups -OCH3 is 1. The van der Waals surface area contributed by atoms with Gasteiger partial charge in [-0.1, -0.05) is 0 Å². The number of ether oxygens (including phenoxy) is 2. The fourth-order valence-electron chi connectivity index (χ4n) is 2.38. The highest BCUT2D eigenvalue weighted by atomic mass is 16.6. The lowest BCUT2D eigenvalue weighted by atomic mass is 10.1. The monoisotopic (exact) mass is 282 g/mol. The molecule has 1 aliphatic rings. The zero-order valence-electron chi connectivity index (χ0n) is 11.5. The van der Waals surface area contributed by atoms with Crippen LogP contribution in [0.2, 0.25) is 0 Å². The highest BCUT2D eigenvalue weighted by molar-refractivity contribution is 5.66. The first-order valence-electron chi connectivity index (χ1n) is 6.38. The lowest BCUT2D eigenvalue weighted by molar-refractivity contribution is -0.384. The number of morpholine rings is 1. The van der Waals surface area contributed by atoms with Gasteiger partial charge in [0, 0.05) is 25.2 Å². The van der Waals surface area contributed by atoms with E-state index in [0.717, 1.165) is 0 Å². The number of rotatable bonds is 4. The minimum atomic E-state index is -0.414. The lowest BCUT2D eigenvalue weighted by Gasteiger charge is -2.37. The quantitative estimate of drug-likeness (QED) is 0.659. The third-order valence-electron chi connectivity index (χ3n) is 3.25. The predicted molar refractivity (Wildman–Crippen MR) is 73.3 cm³/mol. The summed E-state index contributed by atoms with van der Waals surface area (Å²) < 4.78 is 10.7. The number of nitro groups is 1. The minimum Gasteiger partial charge on any atom is -0.497 e. The van der Waals surface area contributed by atoms with Crippen molar-refractivity contribution < 1.29 is 19.5 Å². The van der Waals surface area contributed by atoms with Crippen molar-refractivity contribution in [3.8, 4) is 5.75 Å². The number of benzene rings is 1. The number of aliphatic hydroxyl groups is 1. The standard InChI is InChI=1S/C13H18N2O5/c1-9-6-14(7-11(8-16)20-9)13-5-10(19-2)3-4-12(13)15(17)18/h3-5,9,11,16H,6-8H2,1-2H3. The van der Waals surface area contributed by atoms with E-state index in [4.69, 9.17) is 9.47 Å². The predicted octanol–water partition coefficient (Wildman–Crippen LogP) is 1.19. The molecule has 0 radical (unpaired) electrons. The van der Waals surface area contributed by atoms with Crippen LogP contribution in [0.15, 0.2) is 18.2 Å². The molecule has 0 aromatic heterocycles. The molecule has 1 aromatic carbocycles. The van der Waals surface area contributed by atoms with Crippen LogP contribution >= 0.6 is 0 Å². The Hall–Kier alpha value is -1.86. The highest BCUT2D eigenvalue weighted by Gasteiger charge is 2.29. The largest absolute Gasteiger partial charge is 0.497 e. The number of hydrogen-bond acceptors (Lipinski definition) is 6. The van der Waals surface area contributed by atoms with E-state index >= 15 is 0 Å². The first-order chi connectivity index (χ1) is 9.55. The zero-order chi connectivity index (χ0) is 14.7. The molecule has 2 rings (SSSR count). The van der Waals surface area contributed by atoms with Crippen LogP contribution < -0.4 is 9.64 Å². The second-order valence-electron chi connectivity index (χ2n) is 4.77. The Morgan fingerprint density at radius 1 is 1.55 bits per heavy atom. The normalized spacial score (nSPS) is 22.6. The molecule has 7 nitrogen and oxygen atoms in total. The average Bonchev–Trinajstić information content (AvgIpc) is 2.45. The van der Waals surface area contributed by atoms with Crippen molar-refractivity contribution in [2.75, 3.05) is 31.7 Å². The van der Waals surface area contributed by atoms with Gasteiger partial charge < -0.3 is 19.5 Å². The molecule has 2 atom stereocenters. The number of nitrogens with zero attached hydrogens (tertiary/aromatic N) is 2. The maximum absolute atomic E-state index is 11.2. The summed E-state index contributed by atoms with van der Waals surface area (Å²) in [7, 11) is 1.52. The van der Waals surface area contributed by atoms with Crippen molar-refractivity contribution >= 4 is 11.4 Å². The molecule has 0 bridgehead atoms. The van der Waals surface area contributed by atoms with E-state index in [1.165, 1.54) is 13.2 Å². The summed E-state index contributed by atoms with van der Waals surface area (Å²) in [5, 5.41) is 20.4. The van der Waals surface area contributed by atoms with Gasteiger partial charge in [-0.3, -0.25) is 10.1 Å². The number of aliphatic hydroxyl groups excluding tert-OH is 1. The minimum absolute atomic E-state index is 0.0246. The molecule has 1 heterocycles. The van der Waals surface area contributed by atoms with Crippen LogP contribution in [-0.4, -0.2) is 49.0 Å². The number of nitro benzene ring substituents is 1. The second-order valence-corrected chi connectivity index (χ2v) is 4.77. The molecular formula is C13H18N2O5. The molecule has 0 aliphatic carbocycles. The van der Waals surface area contributed by atoms with Crippen LogP contribution in [0.3, 0.4) is 0 Å². The fraction of sp³-hybridized carbons (Fsp3) is 0.538. The van der Waals surface area contributed by atoms with E-state index in [1.54, 1.807) is 12.1 Å². The molecule has 1 N–H and O–H groups in total. The third-order valence-corrected chi connectivity index (χ3v) is 3.25. The van der Waals surface area contributed by atoms with Crippen molar-refractivity contribution in [3.63, 3.8) is 0 Å². The van der Waals surface area contributed by atoms with Crippen molar-refractivity contribution in [2.45, 2.75) is 19.1 Å². The van der Waals surface area contributed by atoms with Gasteiger partial charge in [-0.2, -0.15) is 0 Å². The van der Waals surface area contributed by atoms with Gasteiger partial charge in [0.15, 0.2) is 0 Å². The molecule has 1 aliphatic heterocycles. The Balaban J connectivity index is 2.36. The summed E-state index contributed by atoms with van der Waals surface area (Å²) in [6, 6.07) is 4.64. The van der Waals surface area contributed by atoms with Crippen molar-refractivity contribution in [2.24, 2.45) is 0 Å². The first-order valence-corrected chi connectivity index (χ1v) is 6.38. The molecule has 1 fully saturated rings. The van der Waals surface area contributed by atoms with E-state index in [9.17, 15) is 15.2 Å². The smallest absolute Gasteiger partial charge is 0.292 e. The molecule has 20 heavy (non-hydrogen) atoms. The maximum atomic E-state index is 11.2. The summed E-state index contributed by atoms with van der Waals surface area (Å²) >= 11 is 0. The van der Waals surface area contributed by atoms with E-state index in [-0.39, 0.29) is 24.5 Å². The van der Waals surface area contributed by atoms with Gasteiger partial charge in [0.25, 0.3) is 5.69 Å². The van der Waals surface area contributed by atoms with Gasteiger partial charge in [0.1, 0.15) is 11.4 Å². The van der Waals surface area contributed by atoms with Crippen LogP contribution in [0.4, 0.5) is 11.4 Å². The van der Waals surface area contributed by atoms with E-state index < -0.39 is 4.92 Å². The average molecular weight is 282 g/mol. The van der Waals surface area contributed by atoms with Crippen LogP contribution in [0.5, 0.6) is 5.75 Å². The maximum Gasteiger partial charge on any atom is 0.292 e. The Labute approximate surface area is 116 Å². The molecule has 2 unspecified atom stereocenters. The number of anilines is 1. The molecule has 1 saturated heterocycles. The SMILES string of the molecule is COc1ccc([N+](=O)[O-])c(N2CC(C)OC(CO)C2)c1. The molecule has 110 valence electrons. The summed E-state index contributed by atoms with van der Waals surface area (Å²) in [6.45, 7) is 2.71. The molecule has 0 amide bonds. The van der Waals surface area contributed by atoms with Crippen molar-refractivity contribution in [1.82, 2.24) is 0 Å². The molecule has 1 aromatic rings. The summed E-state index contributed by atoms with van der Waals surface area (Å²) in [5.41, 5.74) is 0.513. The summed E-state index contributed by atoms with van der Waals surface area (Å²) in [4.78, 5) is 12.6. The third kappa shape index (κ3) is 3.00. The zero-order valence-corrected chi connectivity index (χ0v) is 11.5. The topological polar surface area (TPSA) is 85.1 Å². The van der Waals surface area contributed by atoms with E-state index in [0.29, 0.717) is 24.5 Å². The van der Waals surface area contributed by atoms with E-state index in [1.807, 2.05) is 11.8 Å². The van der Waals surface area contributed by atoms with Crippen molar-refractivity contribution in [1.29, 1.82) is 0 Å². The van der Waals surface area contributed by atoms with Crippen molar-refractivity contribution in [3.05, 3.63) is 28.3 Å². The van der Waals surface area contributed by atoms with Crippen LogP contribution in [0.25, 0.3) is 0 Å². The highest BCUT2D eigenvalue weighted by Crippen LogP contribution is 2.33.